The number of rotatable bonds is 5. The van der Waals surface area contributed by atoms with Crippen molar-refractivity contribution in [2.45, 2.75) is 17.9 Å². The monoisotopic (exact) mass is 309 g/mol. The summed E-state index contributed by atoms with van der Waals surface area (Å²) < 4.78 is 27.0. The van der Waals surface area contributed by atoms with E-state index in [1.54, 1.807) is 31.5 Å². The van der Waals surface area contributed by atoms with Crippen molar-refractivity contribution < 1.29 is 13.2 Å². The van der Waals surface area contributed by atoms with Crippen LogP contribution in [0.2, 0.25) is 0 Å². The molecule has 9 heteroatoms. The van der Waals surface area contributed by atoms with Gasteiger partial charge in [-0.15, -0.1) is 0 Å². The molecule has 1 unspecified atom stereocenters. The third-order valence-corrected chi connectivity index (χ3v) is 4.40. The quantitative estimate of drug-likeness (QED) is 0.352. The van der Waals surface area contributed by atoms with Crippen LogP contribution < -0.4 is 16.0 Å². The minimum Gasteiger partial charge on any atom is -0.356 e. The Kier molecular flexibility index (Phi) is 4.36. The van der Waals surface area contributed by atoms with Gasteiger partial charge in [-0.05, 0) is 30.7 Å². The van der Waals surface area contributed by atoms with Crippen LogP contribution in [0.3, 0.4) is 0 Å². The number of hydrazine groups is 1. The normalized spacial score (nSPS) is 12.9. The van der Waals surface area contributed by atoms with Gasteiger partial charge in [0.05, 0.1) is 0 Å². The Labute approximate surface area is 121 Å². The van der Waals surface area contributed by atoms with Crippen molar-refractivity contribution in [3.05, 3.63) is 48.0 Å². The van der Waals surface area contributed by atoms with E-state index in [9.17, 15) is 13.2 Å². The second-order valence-corrected chi connectivity index (χ2v) is 6.06. The first kappa shape index (κ1) is 15.2. The first-order valence-corrected chi connectivity index (χ1v) is 7.54. The lowest BCUT2D eigenvalue weighted by Gasteiger charge is -2.13. The molecule has 0 saturated heterocycles. The molecule has 0 aliphatic rings. The lowest BCUT2D eigenvalue weighted by molar-refractivity contribution is 0.0949. The molecule has 21 heavy (non-hydrogen) atoms. The van der Waals surface area contributed by atoms with Gasteiger partial charge >= 0.3 is 0 Å². The third-order valence-electron chi connectivity index (χ3n) is 2.88. The van der Waals surface area contributed by atoms with Crippen molar-refractivity contribution in [2.24, 2.45) is 5.84 Å². The Morgan fingerprint density at radius 2 is 2.05 bits per heavy atom. The van der Waals surface area contributed by atoms with Crippen LogP contribution in [-0.2, 0) is 10.0 Å². The fourth-order valence-corrected chi connectivity index (χ4v) is 2.98. The predicted molar refractivity (Wildman–Crippen MR) is 75.4 cm³/mol. The van der Waals surface area contributed by atoms with E-state index in [-0.39, 0.29) is 10.6 Å². The smallest absolute Gasteiger partial charge is 0.281 e. The number of aromatic amines is 1. The maximum atomic E-state index is 12.2. The number of amides is 1. The van der Waals surface area contributed by atoms with Gasteiger partial charge in [-0.1, -0.05) is 0 Å². The molecule has 8 nitrogen and oxygen atoms in total. The number of nitrogens with zero attached hydrogens (tertiary/aromatic N) is 1. The van der Waals surface area contributed by atoms with Gasteiger partial charge in [0.25, 0.3) is 5.91 Å². The first-order valence-electron chi connectivity index (χ1n) is 6.05. The Hall–Kier alpha value is -2.23. The first-order chi connectivity index (χ1) is 9.94. The molecule has 0 aliphatic carbocycles. The highest BCUT2D eigenvalue weighted by Crippen LogP contribution is 2.16. The fourth-order valence-electron chi connectivity index (χ4n) is 1.76. The number of nitrogen functional groups attached to an aromatic ring is 1. The molecule has 0 spiro atoms. The van der Waals surface area contributed by atoms with Gasteiger partial charge < -0.3 is 4.98 Å². The van der Waals surface area contributed by atoms with E-state index in [0.29, 0.717) is 0 Å². The Morgan fingerprint density at radius 3 is 2.67 bits per heavy atom. The number of carbonyl (C=O) groups is 1. The topological polar surface area (TPSA) is 130 Å². The Morgan fingerprint density at radius 1 is 1.38 bits per heavy atom. The zero-order valence-electron chi connectivity index (χ0n) is 11.2. The summed E-state index contributed by atoms with van der Waals surface area (Å²) in [5.74, 6) is 4.39. The van der Waals surface area contributed by atoms with Gasteiger partial charge in [0.1, 0.15) is 10.6 Å². The minimum absolute atomic E-state index is 0.0398. The van der Waals surface area contributed by atoms with Crippen molar-refractivity contribution in [3.8, 4) is 0 Å². The van der Waals surface area contributed by atoms with Crippen LogP contribution in [0, 0.1) is 0 Å². The molecule has 0 aromatic carbocycles. The summed E-state index contributed by atoms with van der Waals surface area (Å²) in [6.07, 6.45) is 4.40. The van der Waals surface area contributed by atoms with Gasteiger partial charge in [-0.2, -0.15) is 0 Å². The second-order valence-electron chi connectivity index (χ2n) is 4.35. The van der Waals surface area contributed by atoms with Crippen molar-refractivity contribution in [1.82, 2.24) is 20.1 Å². The number of nitrogens with two attached hydrogens (primary N) is 1. The molecule has 0 fully saturated rings. The molecule has 0 radical (unpaired) electrons. The molecule has 2 aromatic heterocycles. The molecule has 1 atom stereocenters. The Balaban J connectivity index is 2.19. The van der Waals surface area contributed by atoms with Crippen LogP contribution in [0.4, 0.5) is 0 Å². The van der Waals surface area contributed by atoms with Crippen LogP contribution in [0.5, 0.6) is 0 Å². The van der Waals surface area contributed by atoms with E-state index in [4.69, 9.17) is 5.84 Å². The summed E-state index contributed by atoms with van der Waals surface area (Å²) in [5.41, 5.74) is 2.77. The molecular weight excluding hydrogens is 294 g/mol. The standard InChI is InChI=1S/C12H15N5O3S/c1-8(9-2-4-14-5-3-9)17-21(19,20)10-6-11(15-7-10)12(18)16-13/h2-8,15,17H,13H2,1H3,(H,16,18). The van der Waals surface area contributed by atoms with Gasteiger partial charge in [-0.3, -0.25) is 15.2 Å². The van der Waals surface area contributed by atoms with Crippen LogP contribution in [-0.4, -0.2) is 24.3 Å². The number of carbonyl (C=O) groups excluding carboxylic acids is 1. The Bertz CT molecular complexity index is 726. The maximum Gasteiger partial charge on any atom is 0.281 e. The zero-order chi connectivity index (χ0) is 15.5. The molecule has 0 aliphatic heterocycles. The number of H-pyrrole nitrogens is 1. The van der Waals surface area contributed by atoms with E-state index >= 15 is 0 Å². The van der Waals surface area contributed by atoms with E-state index in [1.165, 1.54) is 12.3 Å². The highest BCUT2D eigenvalue weighted by atomic mass is 32.2. The average Bonchev–Trinajstić information content (AvgIpc) is 2.97. The minimum atomic E-state index is -3.75. The largest absolute Gasteiger partial charge is 0.356 e. The molecule has 0 bridgehead atoms. The lowest BCUT2D eigenvalue weighted by atomic mass is 10.1. The third kappa shape index (κ3) is 3.45. The molecule has 5 N–H and O–H groups in total. The van der Waals surface area contributed by atoms with Crippen molar-refractivity contribution in [2.75, 3.05) is 0 Å². The molecule has 1 amide bonds. The number of hydrogen-bond acceptors (Lipinski definition) is 5. The number of sulfonamides is 1. The van der Waals surface area contributed by atoms with Crippen LogP contribution in [0.25, 0.3) is 0 Å². The maximum absolute atomic E-state index is 12.2. The van der Waals surface area contributed by atoms with E-state index in [1.807, 2.05) is 5.43 Å². The summed E-state index contributed by atoms with van der Waals surface area (Å²) in [5, 5.41) is 0. The van der Waals surface area contributed by atoms with Crippen molar-refractivity contribution >= 4 is 15.9 Å². The number of aromatic nitrogens is 2. The van der Waals surface area contributed by atoms with Crippen LogP contribution in [0.15, 0.2) is 41.7 Å². The second kappa shape index (κ2) is 6.04. The molecule has 2 heterocycles. The fraction of sp³-hybridized carbons (Fsp3) is 0.167. The summed E-state index contributed by atoms with van der Waals surface area (Å²) in [6.45, 7) is 1.72. The van der Waals surface area contributed by atoms with E-state index < -0.39 is 22.0 Å². The summed E-state index contributed by atoms with van der Waals surface area (Å²) >= 11 is 0. The van der Waals surface area contributed by atoms with E-state index in [2.05, 4.69) is 14.7 Å². The summed E-state index contributed by atoms with van der Waals surface area (Å²) in [6, 6.07) is 4.22. The lowest BCUT2D eigenvalue weighted by Crippen LogP contribution is -2.30. The van der Waals surface area contributed by atoms with Crippen LogP contribution >= 0.6 is 0 Å². The van der Waals surface area contributed by atoms with Gasteiger partial charge in [0.2, 0.25) is 10.0 Å². The van der Waals surface area contributed by atoms with Gasteiger partial charge in [0, 0.05) is 24.6 Å². The molecule has 2 aromatic rings. The highest BCUT2D eigenvalue weighted by Gasteiger charge is 2.21. The molecule has 0 saturated carbocycles. The van der Waals surface area contributed by atoms with Gasteiger partial charge in [0.15, 0.2) is 0 Å². The number of hydrogen-bond donors (Lipinski definition) is 4. The number of nitrogens with one attached hydrogen (secondary N) is 3. The molecule has 2 rings (SSSR count). The summed E-state index contributed by atoms with van der Waals surface area (Å²) in [7, 11) is -3.75. The average molecular weight is 309 g/mol. The highest BCUT2D eigenvalue weighted by molar-refractivity contribution is 7.89. The van der Waals surface area contributed by atoms with Crippen molar-refractivity contribution in [1.29, 1.82) is 0 Å². The van der Waals surface area contributed by atoms with Crippen LogP contribution in [0.1, 0.15) is 29.0 Å². The molecular formula is C12H15N5O3S. The van der Waals surface area contributed by atoms with Crippen molar-refractivity contribution in [3.63, 3.8) is 0 Å². The summed E-state index contributed by atoms with van der Waals surface area (Å²) in [4.78, 5) is 17.7. The predicted octanol–water partition coefficient (Wildman–Crippen LogP) is 0.0527. The molecule has 112 valence electrons. The van der Waals surface area contributed by atoms with E-state index in [0.717, 1.165) is 5.56 Å². The van der Waals surface area contributed by atoms with Gasteiger partial charge in [-0.25, -0.2) is 19.0 Å². The zero-order valence-corrected chi connectivity index (χ0v) is 12.0. The SMILES string of the molecule is CC(NS(=O)(=O)c1c[nH]c(C(=O)NN)c1)c1ccncc1. The number of pyridine rings is 1.